The molecule has 2 aromatic rings. The van der Waals surface area contributed by atoms with Gasteiger partial charge >= 0.3 is 0 Å². The largest absolute Gasteiger partial charge is 0.380 e. The van der Waals surface area contributed by atoms with Crippen LogP contribution in [0.5, 0.6) is 0 Å². The van der Waals surface area contributed by atoms with Gasteiger partial charge in [-0.15, -0.1) is 11.3 Å². The Balaban J connectivity index is 2.03. The maximum atomic E-state index is 13.9. The summed E-state index contributed by atoms with van der Waals surface area (Å²) in [7, 11) is -4.42. The number of carbonyl (C=O) groups is 2. The topological polar surface area (TPSA) is 127 Å². The minimum atomic E-state index is -4.42. The van der Waals surface area contributed by atoms with Crippen molar-refractivity contribution < 1.29 is 31.9 Å². The number of halogens is 2. The highest BCUT2D eigenvalue weighted by Crippen LogP contribution is 2.39. The van der Waals surface area contributed by atoms with Gasteiger partial charge in [0.05, 0.1) is 5.56 Å². The lowest BCUT2D eigenvalue weighted by Crippen LogP contribution is -2.29. The van der Waals surface area contributed by atoms with Crippen molar-refractivity contribution in [1.82, 2.24) is 0 Å². The fourth-order valence-corrected chi connectivity index (χ4v) is 4.95. The standard InChI is InChI=1S/C15H12F2N2O5S2/c16-7-1-2-10(9(17)5-7)26(23,24)11-6-8(12(18)20)13(25-11)19-14(21)15(22)3-4-15/h1-2,5-6,22H,3-4H2,(H2,18,20)(H,19,21). The number of primary amides is 1. The predicted octanol–water partition coefficient (Wildman–Crippen LogP) is 1.42. The molecule has 138 valence electrons. The van der Waals surface area contributed by atoms with E-state index in [9.17, 15) is 31.9 Å². The highest BCUT2D eigenvalue weighted by Gasteiger charge is 2.48. The van der Waals surface area contributed by atoms with E-state index in [1.54, 1.807) is 0 Å². The molecule has 3 rings (SSSR count). The van der Waals surface area contributed by atoms with E-state index in [-0.39, 0.29) is 23.4 Å². The number of carbonyl (C=O) groups excluding carboxylic acids is 2. The molecule has 1 aliphatic carbocycles. The molecule has 1 aromatic heterocycles. The molecule has 0 atom stereocenters. The van der Waals surface area contributed by atoms with Gasteiger partial charge in [0.2, 0.25) is 9.84 Å². The van der Waals surface area contributed by atoms with Crippen molar-refractivity contribution in [1.29, 1.82) is 0 Å². The molecule has 0 radical (unpaired) electrons. The van der Waals surface area contributed by atoms with Crippen molar-refractivity contribution in [2.75, 3.05) is 5.32 Å². The molecule has 0 saturated heterocycles. The Morgan fingerprint density at radius 1 is 1.23 bits per heavy atom. The van der Waals surface area contributed by atoms with E-state index in [2.05, 4.69) is 5.32 Å². The Morgan fingerprint density at radius 2 is 1.88 bits per heavy atom. The molecule has 26 heavy (non-hydrogen) atoms. The molecular formula is C15H12F2N2O5S2. The summed E-state index contributed by atoms with van der Waals surface area (Å²) >= 11 is 0.482. The van der Waals surface area contributed by atoms with Crippen LogP contribution >= 0.6 is 11.3 Å². The molecule has 0 bridgehead atoms. The Kier molecular flexibility index (Phi) is 4.33. The average Bonchev–Trinajstić information content (AvgIpc) is 3.14. The van der Waals surface area contributed by atoms with Crippen molar-refractivity contribution in [3.05, 3.63) is 41.5 Å². The van der Waals surface area contributed by atoms with Gasteiger partial charge < -0.3 is 16.2 Å². The summed E-state index contributed by atoms with van der Waals surface area (Å²) in [5, 5.41) is 11.9. The van der Waals surface area contributed by atoms with Gasteiger partial charge in [-0.05, 0) is 31.0 Å². The second-order valence-electron chi connectivity index (χ2n) is 5.74. The van der Waals surface area contributed by atoms with Gasteiger partial charge in [-0.3, -0.25) is 9.59 Å². The first-order valence-electron chi connectivity index (χ1n) is 7.22. The minimum absolute atomic E-state index is 0.177. The number of hydrogen-bond donors (Lipinski definition) is 3. The molecule has 1 aliphatic rings. The van der Waals surface area contributed by atoms with Gasteiger partial charge in [0.15, 0.2) is 0 Å². The van der Waals surface area contributed by atoms with Crippen LogP contribution in [0.15, 0.2) is 33.4 Å². The number of nitrogens with one attached hydrogen (secondary N) is 1. The molecule has 2 amide bonds. The van der Waals surface area contributed by atoms with E-state index >= 15 is 0 Å². The van der Waals surface area contributed by atoms with E-state index in [1.165, 1.54) is 0 Å². The third-order valence-corrected chi connectivity index (χ3v) is 7.11. The predicted molar refractivity (Wildman–Crippen MR) is 87.5 cm³/mol. The van der Waals surface area contributed by atoms with E-state index in [0.29, 0.717) is 17.4 Å². The second kappa shape index (κ2) is 6.11. The highest BCUT2D eigenvalue weighted by atomic mass is 32.2. The van der Waals surface area contributed by atoms with Crippen LogP contribution < -0.4 is 11.1 Å². The lowest BCUT2D eigenvalue weighted by atomic mass is 10.3. The van der Waals surface area contributed by atoms with Crippen LogP contribution in [0.4, 0.5) is 13.8 Å². The number of aliphatic hydroxyl groups is 1. The van der Waals surface area contributed by atoms with Crippen molar-refractivity contribution >= 4 is 38.0 Å². The Morgan fingerprint density at radius 3 is 2.42 bits per heavy atom. The first-order chi connectivity index (χ1) is 12.0. The maximum absolute atomic E-state index is 13.9. The molecule has 1 fully saturated rings. The van der Waals surface area contributed by atoms with Crippen LogP contribution in [0, 0.1) is 11.6 Å². The smallest absolute Gasteiger partial charge is 0.256 e. The number of hydrogen-bond acceptors (Lipinski definition) is 6. The van der Waals surface area contributed by atoms with Crippen molar-refractivity contribution in [2.24, 2.45) is 5.73 Å². The summed E-state index contributed by atoms with van der Waals surface area (Å²) in [5.74, 6) is -4.05. The van der Waals surface area contributed by atoms with Crippen LogP contribution in [0.3, 0.4) is 0 Å². The van der Waals surface area contributed by atoms with Crippen LogP contribution in [0.2, 0.25) is 0 Å². The van der Waals surface area contributed by atoms with Gasteiger partial charge in [-0.1, -0.05) is 0 Å². The van der Waals surface area contributed by atoms with E-state index in [0.717, 1.165) is 18.2 Å². The lowest BCUT2D eigenvalue weighted by Gasteiger charge is -2.08. The number of benzene rings is 1. The highest BCUT2D eigenvalue weighted by molar-refractivity contribution is 7.93. The molecule has 1 aromatic carbocycles. The summed E-state index contributed by atoms with van der Waals surface area (Å²) in [6.45, 7) is 0. The molecule has 1 saturated carbocycles. The van der Waals surface area contributed by atoms with Gasteiger partial charge in [-0.2, -0.15) is 0 Å². The van der Waals surface area contributed by atoms with E-state index in [4.69, 9.17) is 5.73 Å². The zero-order valence-electron chi connectivity index (χ0n) is 13.0. The third kappa shape index (κ3) is 3.20. The van der Waals surface area contributed by atoms with Gasteiger partial charge in [-0.25, -0.2) is 17.2 Å². The Bertz CT molecular complexity index is 1030. The summed E-state index contributed by atoms with van der Waals surface area (Å²) in [5.41, 5.74) is 3.34. The minimum Gasteiger partial charge on any atom is -0.380 e. The molecule has 0 unspecified atom stereocenters. The zero-order chi connectivity index (χ0) is 19.3. The number of anilines is 1. The van der Waals surface area contributed by atoms with Crippen molar-refractivity contribution in [3.8, 4) is 0 Å². The van der Waals surface area contributed by atoms with Crippen LogP contribution in [-0.4, -0.2) is 30.9 Å². The second-order valence-corrected chi connectivity index (χ2v) is 8.93. The van der Waals surface area contributed by atoms with Gasteiger partial charge in [0.25, 0.3) is 11.8 Å². The molecule has 0 aliphatic heterocycles. The molecule has 1 heterocycles. The van der Waals surface area contributed by atoms with Crippen molar-refractivity contribution in [2.45, 2.75) is 27.5 Å². The number of rotatable bonds is 5. The quantitative estimate of drug-likeness (QED) is 0.652. The van der Waals surface area contributed by atoms with E-state index < -0.39 is 48.0 Å². The summed E-state index contributed by atoms with van der Waals surface area (Å²) < 4.78 is 51.6. The van der Waals surface area contributed by atoms with Gasteiger partial charge in [0, 0.05) is 6.07 Å². The molecule has 0 spiro atoms. The normalized spacial score (nSPS) is 15.5. The first-order valence-corrected chi connectivity index (χ1v) is 9.52. The van der Waals surface area contributed by atoms with Crippen molar-refractivity contribution in [3.63, 3.8) is 0 Å². The number of sulfone groups is 1. The number of thiophene rings is 1. The molecule has 4 N–H and O–H groups in total. The average molecular weight is 402 g/mol. The summed E-state index contributed by atoms with van der Waals surface area (Å²) in [4.78, 5) is 22.7. The Labute approximate surface area is 150 Å². The maximum Gasteiger partial charge on any atom is 0.256 e. The Hall–Kier alpha value is -2.37. The van der Waals surface area contributed by atoms with Crippen LogP contribution in [-0.2, 0) is 14.6 Å². The molecule has 11 heteroatoms. The molecule has 7 nitrogen and oxygen atoms in total. The monoisotopic (exact) mass is 402 g/mol. The third-order valence-electron chi connectivity index (χ3n) is 3.80. The fraction of sp³-hybridized carbons (Fsp3) is 0.200. The SMILES string of the molecule is NC(=O)c1cc(S(=O)(=O)c2ccc(F)cc2F)sc1NC(=O)C1(O)CC1. The number of nitrogens with two attached hydrogens (primary N) is 1. The van der Waals surface area contributed by atoms with Crippen LogP contribution in [0.25, 0.3) is 0 Å². The fourth-order valence-electron chi connectivity index (χ4n) is 2.14. The lowest BCUT2D eigenvalue weighted by molar-refractivity contribution is -0.125. The van der Waals surface area contributed by atoms with Gasteiger partial charge in [0.1, 0.15) is 31.3 Å². The summed E-state index contributed by atoms with van der Waals surface area (Å²) in [6.07, 6.45) is 0.476. The molecular weight excluding hydrogens is 390 g/mol. The summed E-state index contributed by atoms with van der Waals surface area (Å²) in [6, 6.07) is 2.86. The number of amides is 2. The van der Waals surface area contributed by atoms with Crippen LogP contribution in [0.1, 0.15) is 23.2 Å². The van der Waals surface area contributed by atoms with E-state index in [1.807, 2.05) is 0 Å². The zero-order valence-corrected chi connectivity index (χ0v) is 14.6. The first kappa shape index (κ1) is 18.4.